The minimum Gasteiger partial charge on any atom is -0.356 e. The normalized spacial score (nSPS) is 17.9. The van der Waals surface area contributed by atoms with Gasteiger partial charge in [0.25, 0.3) is 0 Å². The van der Waals surface area contributed by atoms with Crippen LogP contribution in [-0.2, 0) is 0 Å². The maximum atomic E-state index is 4.48. The number of fused-ring (bicyclic) bond motifs is 1. The largest absolute Gasteiger partial charge is 0.356 e. The van der Waals surface area contributed by atoms with Gasteiger partial charge in [-0.25, -0.2) is 4.98 Å². The Morgan fingerprint density at radius 3 is 2.82 bits per heavy atom. The lowest BCUT2D eigenvalue weighted by atomic mass is 9.99. The first kappa shape index (κ1) is 10.6. The lowest BCUT2D eigenvalue weighted by Gasteiger charge is -2.32. The molecule has 1 aliphatic heterocycles. The van der Waals surface area contributed by atoms with E-state index in [1.807, 2.05) is 23.7 Å². The van der Waals surface area contributed by atoms with Gasteiger partial charge in [0.05, 0.1) is 6.20 Å². The summed E-state index contributed by atoms with van der Waals surface area (Å²) in [5.41, 5.74) is 2.00. The molecule has 2 aromatic rings. The Hall–Kier alpha value is -1.58. The molecule has 0 radical (unpaired) electrons. The number of anilines is 1. The molecular weight excluding hydrogens is 212 g/mol. The molecule has 0 bridgehead atoms. The highest BCUT2D eigenvalue weighted by molar-refractivity contribution is 5.50. The fourth-order valence-electron chi connectivity index (χ4n) is 2.48. The second-order valence-corrected chi connectivity index (χ2v) is 5.03. The maximum Gasteiger partial charge on any atom is 0.157 e. The molecule has 0 N–H and O–H groups in total. The van der Waals surface area contributed by atoms with Gasteiger partial charge in [0.15, 0.2) is 5.65 Å². The van der Waals surface area contributed by atoms with Crippen LogP contribution in [-0.4, -0.2) is 27.7 Å². The lowest BCUT2D eigenvalue weighted by molar-refractivity contribution is 0.435. The van der Waals surface area contributed by atoms with Crippen LogP contribution in [0.25, 0.3) is 5.65 Å². The average molecular weight is 230 g/mol. The SMILES string of the molecule is Cc1cc(N2CCC(C)CC2)n2nccc2n1. The van der Waals surface area contributed by atoms with Crippen LogP contribution >= 0.6 is 0 Å². The molecule has 3 heterocycles. The quantitative estimate of drug-likeness (QED) is 0.753. The Kier molecular flexibility index (Phi) is 2.50. The monoisotopic (exact) mass is 230 g/mol. The third-order valence-corrected chi connectivity index (χ3v) is 3.58. The molecule has 0 unspecified atom stereocenters. The van der Waals surface area contributed by atoms with Crippen molar-refractivity contribution in [1.29, 1.82) is 0 Å². The van der Waals surface area contributed by atoms with Gasteiger partial charge in [-0.15, -0.1) is 0 Å². The van der Waals surface area contributed by atoms with Gasteiger partial charge in [0.2, 0.25) is 0 Å². The van der Waals surface area contributed by atoms with Gasteiger partial charge in [0.1, 0.15) is 5.82 Å². The van der Waals surface area contributed by atoms with Crippen molar-refractivity contribution in [3.05, 3.63) is 24.0 Å². The van der Waals surface area contributed by atoms with E-state index in [4.69, 9.17) is 0 Å². The molecule has 17 heavy (non-hydrogen) atoms. The molecule has 4 heteroatoms. The van der Waals surface area contributed by atoms with E-state index in [0.717, 1.165) is 30.3 Å². The molecule has 1 fully saturated rings. The summed E-state index contributed by atoms with van der Waals surface area (Å²) in [6.45, 7) is 6.63. The van der Waals surface area contributed by atoms with E-state index in [-0.39, 0.29) is 0 Å². The number of aryl methyl sites for hydroxylation is 1. The molecule has 90 valence electrons. The van der Waals surface area contributed by atoms with Gasteiger partial charge in [-0.3, -0.25) is 0 Å². The van der Waals surface area contributed by atoms with Crippen LogP contribution in [0.15, 0.2) is 18.3 Å². The number of aromatic nitrogens is 3. The molecule has 0 aromatic carbocycles. The van der Waals surface area contributed by atoms with E-state index in [0.29, 0.717) is 0 Å². The number of piperidine rings is 1. The fourth-order valence-corrected chi connectivity index (χ4v) is 2.48. The molecule has 3 rings (SSSR count). The Bertz CT molecular complexity index is 523. The van der Waals surface area contributed by atoms with Crippen molar-refractivity contribution in [3.8, 4) is 0 Å². The van der Waals surface area contributed by atoms with Crippen molar-refractivity contribution in [3.63, 3.8) is 0 Å². The fraction of sp³-hybridized carbons (Fsp3) is 0.538. The molecule has 0 aliphatic carbocycles. The second-order valence-electron chi connectivity index (χ2n) is 5.03. The Labute approximate surface area is 101 Å². The van der Waals surface area contributed by atoms with Gasteiger partial charge < -0.3 is 4.90 Å². The molecule has 4 nitrogen and oxygen atoms in total. The van der Waals surface area contributed by atoms with Crippen molar-refractivity contribution in [2.24, 2.45) is 5.92 Å². The van der Waals surface area contributed by atoms with Gasteiger partial charge in [-0.05, 0) is 25.7 Å². The van der Waals surface area contributed by atoms with Crippen LogP contribution in [0.1, 0.15) is 25.5 Å². The molecule has 2 aromatic heterocycles. The lowest BCUT2D eigenvalue weighted by Crippen LogP contribution is -2.34. The third kappa shape index (κ3) is 1.88. The molecule has 0 atom stereocenters. The van der Waals surface area contributed by atoms with Crippen molar-refractivity contribution in [2.75, 3.05) is 18.0 Å². The van der Waals surface area contributed by atoms with Crippen molar-refractivity contribution < 1.29 is 0 Å². The van der Waals surface area contributed by atoms with E-state index >= 15 is 0 Å². The first-order valence-electron chi connectivity index (χ1n) is 6.30. The summed E-state index contributed by atoms with van der Waals surface area (Å²) in [6.07, 6.45) is 4.35. The van der Waals surface area contributed by atoms with E-state index in [2.05, 4.69) is 28.0 Å². The number of hydrogen-bond acceptors (Lipinski definition) is 3. The molecule has 0 saturated carbocycles. The molecule has 1 saturated heterocycles. The molecular formula is C13H18N4. The van der Waals surface area contributed by atoms with E-state index in [1.165, 1.54) is 18.7 Å². The third-order valence-electron chi connectivity index (χ3n) is 3.58. The van der Waals surface area contributed by atoms with Crippen molar-refractivity contribution >= 4 is 11.5 Å². The minimum atomic E-state index is 0.849. The average Bonchev–Trinajstić information content (AvgIpc) is 2.77. The van der Waals surface area contributed by atoms with Gasteiger partial charge in [0, 0.05) is 30.9 Å². The van der Waals surface area contributed by atoms with Crippen LogP contribution < -0.4 is 4.90 Å². The molecule has 1 aliphatic rings. The van der Waals surface area contributed by atoms with Crippen LogP contribution in [0, 0.1) is 12.8 Å². The van der Waals surface area contributed by atoms with Crippen LogP contribution in [0.3, 0.4) is 0 Å². The number of hydrogen-bond donors (Lipinski definition) is 0. The van der Waals surface area contributed by atoms with Gasteiger partial charge in [-0.2, -0.15) is 9.61 Å². The topological polar surface area (TPSA) is 33.4 Å². The van der Waals surface area contributed by atoms with Crippen LogP contribution in [0.2, 0.25) is 0 Å². The molecule has 0 spiro atoms. The summed E-state index contributed by atoms with van der Waals surface area (Å²) in [6, 6.07) is 4.10. The van der Waals surface area contributed by atoms with E-state index in [1.54, 1.807) is 0 Å². The zero-order valence-corrected chi connectivity index (χ0v) is 10.4. The summed E-state index contributed by atoms with van der Waals surface area (Å²) in [7, 11) is 0. The van der Waals surface area contributed by atoms with E-state index in [9.17, 15) is 0 Å². The summed E-state index contributed by atoms with van der Waals surface area (Å²) in [4.78, 5) is 6.91. The molecule has 0 amide bonds. The number of rotatable bonds is 1. The standard InChI is InChI=1S/C13H18N4/c1-10-4-7-16(8-5-10)13-9-11(2)15-12-3-6-14-17(12)13/h3,6,9-10H,4-5,7-8H2,1-2H3. The zero-order valence-electron chi connectivity index (χ0n) is 10.4. The maximum absolute atomic E-state index is 4.48. The van der Waals surface area contributed by atoms with Gasteiger partial charge >= 0.3 is 0 Å². The van der Waals surface area contributed by atoms with Gasteiger partial charge in [-0.1, -0.05) is 6.92 Å². The predicted molar refractivity (Wildman–Crippen MR) is 68.3 cm³/mol. The smallest absolute Gasteiger partial charge is 0.157 e. The highest BCUT2D eigenvalue weighted by Gasteiger charge is 2.18. The first-order chi connectivity index (χ1) is 8.24. The summed E-state index contributed by atoms with van der Waals surface area (Å²) < 4.78 is 1.95. The van der Waals surface area contributed by atoms with Crippen LogP contribution in [0.4, 0.5) is 5.82 Å². The Balaban J connectivity index is 2.01. The second kappa shape index (κ2) is 4.02. The summed E-state index contributed by atoms with van der Waals surface area (Å²) in [5.74, 6) is 2.03. The minimum absolute atomic E-state index is 0.849. The highest BCUT2D eigenvalue weighted by Crippen LogP contribution is 2.23. The predicted octanol–water partition coefficient (Wildman–Crippen LogP) is 2.27. The van der Waals surface area contributed by atoms with Crippen molar-refractivity contribution in [1.82, 2.24) is 14.6 Å². The van der Waals surface area contributed by atoms with Crippen molar-refractivity contribution in [2.45, 2.75) is 26.7 Å². The van der Waals surface area contributed by atoms with E-state index < -0.39 is 0 Å². The highest BCUT2D eigenvalue weighted by atomic mass is 15.3. The summed E-state index contributed by atoms with van der Waals surface area (Å²) in [5, 5.41) is 4.37. The Morgan fingerprint density at radius 1 is 1.29 bits per heavy atom. The summed E-state index contributed by atoms with van der Waals surface area (Å²) >= 11 is 0. The Morgan fingerprint density at radius 2 is 2.06 bits per heavy atom. The zero-order chi connectivity index (χ0) is 11.8. The first-order valence-corrected chi connectivity index (χ1v) is 6.30. The van der Waals surface area contributed by atoms with Crippen LogP contribution in [0.5, 0.6) is 0 Å². The number of nitrogens with zero attached hydrogens (tertiary/aromatic N) is 4.